The van der Waals surface area contributed by atoms with Gasteiger partial charge in [0, 0.05) is 6.04 Å². The fourth-order valence-corrected chi connectivity index (χ4v) is 3.75. The quantitative estimate of drug-likeness (QED) is 0.920. The van der Waals surface area contributed by atoms with E-state index in [-0.39, 0.29) is 0 Å². The van der Waals surface area contributed by atoms with E-state index in [1.165, 1.54) is 36.8 Å². The van der Waals surface area contributed by atoms with Crippen molar-refractivity contribution >= 4 is 5.96 Å². The fraction of sp³-hybridized carbons (Fsp3) is 0.611. The van der Waals surface area contributed by atoms with Crippen LogP contribution in [-0.2, 0) is 6.42 Å². The van der Waals surface area contributed by atoms with Crippen molar-refractivity contribution in [3.63, 3.8) is 0 Å². The largest absolute Gasteiger partial charge is 0.370 e. The normalized spacial score (nSPS) is 23.1. The Kier molecular flexibility index (Phi) is 4.18. The minimum Gasteiger partial charge on any atom is -0.370 e. The first kappa shape index (κ1) is 14.4. The molecule has 1 saturated carbocycles. The van der Waals surface area contributed by atoms with Gasteiger partial charge in [-0.2, -0.15) is 0 Å². The molecule has 0 saturated heterocycles. The Balaban J connectivity index is 1.76. The van der Waals surface area contributed by atoms with Crippen LogP contribution in [0.25, 0.3) is 0 Å². The zero-order valence-corrected chi connectivity index (χ0v) is 13.3. The van der Waals surface area contributed by atoms with Crippen LogP contribution >= 0.6 is 0 Å². The lowest BCUT2D eigenvalue weighted by molar-refractivity contribution is 0.262. The summed E-state index contributed by atoms with van der Waals surface area (Å²) < 4.78 is 0. The molecule has 1 atom stereocenters. The third-order valence-corrected chi connectivity index (χ3v) is 4.75. The lowest BCUT2D eigenvalue weighted by atomic mass is 9.98. The molecule has 1 aromatic rings. The summed E-state index contributed by atoms with van der Waals surface area (Å²) in [7, 11) is 0. The molecule has 1 unspecified atom stereocenters. The topological polar surface area (TPSA) is 41.6 Å². The van der Waals surface area contributed by atoms with Gasteiger partial charge in [0.15, 0.2) is 5.96 Å². The Hall–Kier alpha value is -1.51. The van der Waals surface area contributed by atoms with E-state index in [2.05, 4.69) is 48.0 Å². The summed E-state index contributed by atoms with van der Waals surface area (Å²) in [6.07, 6.45) is 6.33. The molecule has 0 bridgehead atoms. The fourth-order valence-electron chi connectivity index (χ4n) is 3.75. The Bertz CT molecular complexity index is 498. The Morgan fingerprint density at radius 2 is 1.86 bits per heavy atom. The Morgan fingerprint density at radius 3 is 2.48 bits per heavy atom. The number of hydrogen-bond donors (Lipinski definition) is 1. The molecule has 0 spiro atoms. The van der Waals surface area contributed by atoms with Crippen LogP contribution in [0.4, 0.5) is 0 Å². The van der Waals surface area contributed by atoms with E-state index in [9.17, 15) is 0 Å². The molecule has 2 aliphatic rings. The first-order chi connectivity index (χ1) is 10.1. The number of nitrogens with zero attached hydrogens (tertiary/aromatic N) is 2. The van der Waals surface area contributed by atoms with Gasteiger partial charge in [-0.15, -0.1) is 0 Å². The highest BCUT2D eigenvalue weighted by Crippen LogP contribution is 2.34. The highest BCUT2D eigenvalue weighted by molar-refractivity contribution is 5.80. The van der Waals surface area contributed by atoms with E-state index in [0.29, 0.717) is 18.0 Å². The van der Waals surface area contributed by atoms with Crippen molar-refractivity contribution in [3.05, 3.63) is 35.4 Å². The number of nitrogens with two attached hydrogens (primary N) is 1. The molecule has 1 aliphatic heterocycles. The number of aliphatic imine (C=N–C) groups is 1. The van der Waals surface area contributed by atoms with Crippen LogP contribution in [0.5, 0.6) is 0 Å². The third kappa shape index (κ3) is 3.07. The summed E-state index contributed by atoms with van der Waals surface area (Å²) in [4.78, 5) is 6.89. The maximum atomic E-state index is 6.16. The van der Waals surface area contributed by atoms with Crippen LogP contribution in [0.3, 0.4) is 0 Å². The molecule has 0 radical (unpaired) electrons. The average Bonchev–Trinajstić information content (AvgIpc) is 3.08. The van der Waals surface area contributed by atoms with Gasteiger partial charge >= 0.3 is 0 Å². The van der Waals surface area contributed by atoms with Crippen molar-refractivity contribution in [3.8, 4) is 0 Å². The van der Waals surface area contributed by atoms with E-state index < -0.39 is 0 Å². The maximum Gasteiger partial charge on any atom is 0.192 e. The zero-order chi connectivity index (χ0) is 14.8. The highest BCUT2D eigenvalue weighted by Gasteiger charge is 2.34. The minimum atomic E-state index is 0.348. The molecule has 0 aromatic heterocycles. The van der Waals surface area contributed by atoms with E-state index >= 15 is 0 Å². The molecular formula is C18H27N3. The van der Waals surface area contributed by atoms with E-state index in [1.807, 2.05) is 0 Å². The van der Waals surface area contributed by atoms with Crippen molar-refractivity contribution in [1.82, 2.24) is 4.90 Å². The van der Waals surface area contributed by atoms with Crippen LogP contribution < -0.4 is 5.73 Å². The standard InChI is InChI=1S/C18H27N3/c1-13(2)11-14-7-9-15(10-8-14)17-12-20-18(19)21(17)16-5-3-4-6-16/h7-10,13,16-17H,3-6,11-12H2,1-2H3,(H2,19,20). The summed E-state index contributed by atoms with van der Waals surface area (Å²) in [5.74, 6) is 1.45. The Labute approximate surface area is 128 Å². The average molecular weight is 285 g/mol. The van der Waals surface area contributed by atoms with Crippen molar-refractivity contribution in [2.24, 2.45) is 16.6 Å². The summed E-state index contributed by atoms with van der Waals surface area (Å²) >= 11 is 0. The molecule has 1 aliphatic carbocycles. The van der Waals surface area contributed by atoms with Gasteiger partial charge in [0.1, 0.15) is 0 Å². The highest BCUT2D eigenvalue weighted by atomic mass is 15.3. The molecule has 114 valence electrons. The molecule has 1 fully saturated rings. The molecule has 0 amide bonds. The summed E-state index contributed by atoms with van der Waals surface area (Å²) in [5.41, 5.74) is 8.94. The van der Waals surface area contributed by atoms with Gasteiger partial charge in [-0.25, -0.2) is 0 Å². The first-order valence-corrected chi connectivity index (χ1v) is 8.32. The Morgan fingerprint density at radius 1 is 1.19 bits per heavy atom. The zero-order valence-electron chi connectivity index (χ0n) is 13.3. The molecule has 1 heterocycles. The van der Waals surface area contributed by atoms with Crippen LogP contribution in [0, 0.1) is 5.92 Å². The second-order valence-electron chi connectivity index (χ2n) is 6.90. The summed E-state index contributed by atoms with van der Waals surface area (Å²) in [6, 6.07) is 10.0. The lowest BCUT2D eigenvalue weighted by Gasteiger charge is -2.32. The molecule has 3 heteroatoms. The predicted molar refractivity (Wildman–Crippen MR) is 88.3 cm³/mol. The van der Waals surface area contributed by atoms with Crippen molar-refractivity contribution in [2.45, 2.75) is 58.0 Å². The SMILES string of the molecule is CC(C)Cc1ccc(C2CN=C(N)N2C2CCCC2)cc1. The molecular weight excluding hydrogens is 258 g/mol. The molecule has 1 aromatic carbocycles. The van der Waals surface area contributed by atoms with Crippen LogP contribution in [0.2, 0.25) is 0 Å². The van der Waals surface area contributed by atoms with Gasteiger partial charge in [-0.1, -0.05) is 51.0 Å². The maximum absolute atomic E-state index is 6.16. The van der Waals surface area contributed by atoms with Gasteiger partial charge in [0.05, 0.1) is 12.6 Å². The monoisotopic (exact) mass is 285 g/mol. The van der Waals surface area contributed by atoms with E-state index in [1.54, 1.807) is 0 Å². The van der Waals surface area contributed by atoms with Crippen molar-refractivity contribution < 1.29 is 0 Å². The smallest absolute Gasteiger partial charge is 0.192 e. The van der Waals surface area contributed by atoms with E-state index in [4.69, 9.17) is 5.73 Å². The van der Waals surface area contributed by atoms with Gasteiger partial charge < -0.3 is 10.6 Å². The van der Waals surface area contributed by atoms with Gasteiger partial charge in [-0.3, -0.25) is 4.99 Å². The molecule has 2 N–H and O–H groups in total. The van der Waals surface area contributed by atoms with Crippen LogP contribution in [-0.4, -0.2) is 23.4 Å². The predicted octanol–water partition coefficient (Wildman–Crippen LogP) is 3.50. The van der Waals surface area contributed by atoms with Crippen LogP contribution in [0.15, 0.2) is 29.3 Å². The number of benzene rings is 1. The summed E-state index contributed by atoms with van der Waals surface area (Å²) in [5, 5.41) is 0. The van der Waals surface area contributed by atoms with Gasteiger partial charge in [-0.05, 0) is 36.3 Å². The van der Waals surface area contributed by atoms with Crippen molar-refractivity contribution in [2.75, 3.05) is 6.54 Å². The van der Waals surface area contributed by atoms with E-state index in [0.717, 1.165) is 18.9 Å². The number of guanidine groups is 1. The molecule has 21 heavy (non-hydrogen) atoms. The first-order valence-electron chi connectivity index (χ1n) is 8.32. The third-order valence-electron chi connectivity index (χ3n) is 4.75. The number of rotatable bonds is 4. The molecule has 3 nitrogen and oxygen atoms in total. The number of hydrogen-bond acceptors (Lipinski definition) is 3. The lowest BCUT2D eigenvalue weighted by Crippen LogP contribution is -2.42. The second-order valence-corrected chi connectivity index (χ2v) is 6.90. The van der Waals surface area contributed by atoms with Crippen LogP contribution in [0.1, 0.15) is 56.7 Å². The molecule has 3 rings (SSSR count). The van der Waals surface area contributed by atoms with Gasteiger partial charge in [0.25, 0.3) is 0 Å². The van der Waals surface area contributed by atoms with Crippen molar-refractivity contribution in [1.29, 1.82) is 0 Å². The minimum absolute atomic E-state index is 0.348. The van der Waals surface area contributed by atoms with Gasteiger partial charge in [0.2, 0.25) is 0 Å². The second kappa shape index (κ2) is 6.08. The summed E-state index contributed by atoms with van der Waals surface area (Å²) in [6.45, 7) is 5.34.